The van der Waals surface area contributed by atoms with Crippen LogP contribution >= 0.6 is 11.6 Å². The van der Waals surface area contributed by atoms with Gasteiger partial charge in [-0.05, 0) is 24.7 Å². The largest absolute Gasteiger partial charge is 0.381 e. The molecule has 0 aliphatic carbocycles. The van der Waals surface area contributed by atoms with Gasteiger partial charge in [-0.2, -0.15) is 5.26 Å². The van der Waals surface area contributed by atoms with Gasteiger partial charge in [0, 0.05) is 24.7 Å². The van der Waals surface area contributed by atoms with Gasteiger partial charge in [-0.3, -0.25) is 4.90 Å². The van der Waals surface area contributed by atoms with Crippen molar-refractivity contribution in [2.75, 3.05) is 38.1 Å². The van der Waals surface area contributed by atoms with Crippen molar-refractivity contribution in [3.63, 3.8) is 0 Å². The molecule has 1 aromatic carbocycles. The van der Waals surface area contributed by atoms with Crippen LogP contribution in [0.15, 0.2) is 18.2 Å². The lowest BCUT2D eigenvalue weighted by Gasteiger charge is -2.32. The van der Waals surface area contributed by atoms with Crippen LogP contribution in [0.5, 0.6) is 0 Å². The van der Waals surface area contributed by atoms with Crippen LogP contribution in [-0.4, -0.2) is 43.8 Å². The van der Waals surface area contributed by atoms with Crippen molar-refractivity contribution in [2.24, 2.45) is 0 Å². The summed E-state index contributed by atoms with van der Waals surface area (Å²) in [7, 11) is 0. The zero-order chi connectivity index (χ0) is 13.7. The van der Waals surface area contributed by atoms with Crippen molar-refractivity contribution >= 4 is 17.3 Å². The number of ether oxygens (including phenoxy) is 1. The monoisotopic (exact) mass is 279 g/mol. The second-order valence-corrected chi connectivity index (χ2v) is 5.01. The molecule has 0 radical (unpaired) electrons. The highest BCUT2D eigenvalue weighted by molar-refractivity contribution is 6.30. The zero-order valence-corrected chi connectivity index (χ0v) is 11.8. The minimum atomic E-state index is 0.152. The highest BCUT2D eigenvalue weighted by Gasteiger charge is 2.19. The van der Waals surface area contributed by atoms with E-state index >= 15 is 0 Å². The fourth-order valence-corrected chi connectivity index (χ4v) is 2.35. The molecule has 2 rings (SSSR count). The van der Waals surface area contributed by atoms with Crippen molar-refractivity contribution in [2.45, 2.75) is 13.0 Å². The number of rotatable bonds is 4. The number of halogens is 1. The molecule has 5 heteroatoms. The molecule has 0 bridgehead atoms. The first-order valence-electron chi connectivity index (χ1n) is 6.50. The topological polar surface area (TPSA) is 48.3 Å². The van der Waals surface area contributed by atoms with Crippen LogP contribution < -0.4 is 5.32 Å². The van der Waals surface area contributed by atoms with Gasteiger partial charge in [0.25, 0.3) is 0 Å². The second kappa shape index (κ2) is 6.76. The third kappa shape index (κ3) is 3.84. The first-order chi connectivity index (χ1) is 9.22. The summed E-state index contributed by atoms with van der Waals surface area (Å²) < 4.78 is 5.72. The van der Waals surface area contributed by atoms with Crippen LogP contribution in [0, 0.1) is 11.3 Å². The van der Waals surface area contributed by atoms with Gasteiger partial charge in [0.05, 0.1) is 24.0 Å². The highest BCUT2D eigenvalue weighted by atomic mass is 35.5. The first-order valence-corrected chi connectivity index (χ1v) is 6.88. The Morgan fingerprint density at radius 1 is 1.58 bits per heavy atom. The predicted octanol–water partition coefficient (Wildman–Crippen LogP) is 2.34. The van der Waals surface area contributed by atoms with Gasteiger partial charge in [-0.15, -0.1) is 0 Å². The molecule has 1 aliphatic rings. The molecule has 0 amide bonds. The van der Waals surface area contributed by atoms with Crippen molar-refractivity contribution < 1.29 is 4.74 Å². The van der Waals surface area contributed by atoms with E-state index in [-0.39, 0.29) is 6.10 Å². The SMILES string of the molecule is CCN1CCOC(CNc2cc(Cl)ccc2C#N)C1. The number of morpholine rings is 1. The average molecular weight is 280 g/mol. The van der Waals surface area contributed by atoms with E-state index in [0.717, 1.165) is 31.9 Å². The van der Waals surface area contributed by atoms with Gasteiger partial charge in [-0.25, -0.2) is 0 Å². The smallest absolute Gasteiger partial charge is 0.101 e. The third-order valence-electron chi connectivity index (χ3n) is 3.29. The zero-order valence-electron chi connectivity index (χ0n) is 11.0. The van der Waals surface area contributed by atoms with Crippen molar-refractivity contribution in [1.29, 1.82) is 5.26 Å². The Morgan fingerprint density at radius 3 is 3.16 bits per heavy atom. The van der Waals surface area contributed by atoms with Gasteiger partial charge in [0.2, 0.25) is 0 Å². The minimum Gasteiger partial charge on any atom is -0.381 e. The van der Waals surface area contributed by atoms with Gasteiger partial charge < -0.3 is 10.1 Å². The summed E-state index contributed by atoms with van der Waals surface area (Å²) in [5.74, 6) is 0. The van der Waals surface area contributed by atoms with Crippen LogP contribution in [0.3, 0.4) is 0 Å². The van der Waals surface area contributed by atoms with E-state index < -0.39 is 0 Å². The van der Waals surface area contributed by atoms with Crippen LogP contribution in [-0.2, 0) is 4.74 Å². The number of anilines is 1. The maximum atomic E-state index is 9.05. The standard InChI is InChI=1S/C14H18ClN3O/c1-2-18-5-6-19-13(10-18)9-17-14-7-12(15)4-3-11(14)8-16/h3-4,7,13,17H,2,5-6,9-10H2,1H3. The number of hydrogen-bond acceptors (Lipinski definition) is 4. The molecule has 1 fully saturated rings. The molecule has 1 saturated heterocycles. The molecular formula is C14H18ClN3O. The number of nitrogens with one attached hydrogen (secondary N) is 1. The summed E-state index contributed by atoms with van der Waals surface area (Å²) in [4.78, 5) is 2.36. The van der Waals surface area contributed by atoms with Crippen molar-refractivity contribution in [1.82, 2.24) is 4.90 Å². The van der Waals surface area contributed by atoms with Gasteiger partial charge >= 0.3 is 0 Å². The van der Waals surface area contributed by atoms with Crippen molar-refractivity contribution in [3.8, 4) is 6.07 Å². The van der Waals surface area contributed by atoms with E-state index in [2.05, 4.69) is 23.2 Å². The quantitative estimate of drug-likeness (QED) is 0.919. The minimum absolute atomic E-state index is 0.152. The Kier molecular flexibility index (Phi) is 5.03. The fraction of sp³-hybridized carbons (Fsp3) is 0.500. The second-order valence-electron chi connectivity index (χ2n) is 4.57. The summed E-state index contributed by atoms with van der Waals surface area (Å²) in [5, 5.41) is 12.9. The summed E-state index contributed by atoms with van der Waals surface area (Å²) in [6.45, 7) is 6.56. The van der Waals surface area contributed by atoms with E-state index in [1.54, 1.807) is 18.2 Å². The van der Waals surface area contributed by atoms with Gasteiger partial charge in [0.15, 0.2) is 0 Å². The van der Waals surface area contributed by atoms with Gasteiger partial charge in [-0.1, -0.05) is 18.5 Å². The molecule has 4 nitrogen and oxygen atoms in total. The molecule has 1 unspecified atom stereocenters. The molecule has 19 heavy (non-hydrogen) atoms. The number of benzene rings is 1. The van der Waals surface area contributed by atoms with Gasteiger partial charge in [0.1, 0.15) is 6.07 Å². The number of nitrogens with zero attached hydrogens (tertiary/aromatic N) is 2. The predicted molar refractivity (Wildman–Crippen MR) is 76.5 cm³/mol. The van der Waals surface area contributed by atoms with Crippen LogP contribution in [0.25, 0.3) is 0 Å². The maximum Gasteiger partial charge on any atom is 0.101 e. The van der Waals surface area contributed by atoms with E-state index in [1.807, 2.05) is 0 Å². The van der Waals surface area contributed by atoms with E-state index in [1.165, 1.54) is 0 Å². The molecule has 1 heterocycles. The summed E-state index contributed by atoms with van der Waals surface area (Å²) in [6, 6.07) is 7.39. The molecule has 1 atom stereocenters. The summed E-state index contributed by atoms with van der Waals surface area (Å²) >= 11 is 5.95. The van der Waals surface area contributed by atoms with E-state index in [0.29, 0.717) is 17.1 Å². The van der Waals surface area contributed by atoms with Crippen LogP contribution in [0.2, 0.25) is 5.02 Å². The molecule has 0 spiro atoms. The Labute approximate surface area is 118 Å². The number of hydrogen-bond donors (Lipinski definition) is 1. The molecule has 1 N–H and O–H groups in total. The lowest BCUT2D eigenvalue weighted by Crippen LogP contribution is -2.45. The van der Waals surface area contributed by atoms with Crippen LogP contribution in [0.4, 0.5) is 5.69 Å². The molecule has 102 valence electrons. The number of likely N-dealkylation sites (N-methyl/N-ethyl adjacent to an activating group) is 1. The highest BCUT2D eigenvalue weighted by Crippen LogP contribution is 2.20. The Morgan fingerprint density at radius 2 is 2.42 bits per heavy atom. The van der Waals surface area contributed by atoms with E-state index in [4.69, 9.17) is 21.6 Å². The molecule has 0 aromatic heterocycles. The normalized spacial score (nSPS) is 19.9. The van der Waals surface area contributed by atoms with Crippen molar-refractivity contribution in [3.05, 3.63) is 28.8 Å². The maximum absolute atomic E-state index is 9.05. The first kappa shape index (κ1) is 14.1. The molecular weight excluding hydrogens is 262 g/mol. The lowest BCUT2D eigenvalue weighted by molar-refractivity contribution is -0.0191. The molecule has 0 saturated carbocycles. The molecule has 1 aromatic rings. The Bertz CT molecular complexity index is 472. The average Bonchev–Trinajstić information content (AvgIpc) is 2.45. The lowest BCUT2D eigenvalue weighted by atomic mass is 10.2. The Hall–Kier alpha value is -1.28. The Balaban J connectivity index is 1.95. The molecule has 1 aliphatic heterocycles. The third-order valence-corrected chi connectivity index (χ3v) is 3.53. The number of nitriles is 1. The van der Waals surface area contributed by atoms with E-state index in [9.17, 15) is 0 Å². The summed E-state index contributed by atoms with van der Waals surface area (Å²) in [6.07, 6.45) is 0.152. The fourth-order valence-electron chi connectivity index (χ4n) is 2.18. The van der Waals surface area contributed by atoms with Crippen LogP contribution in [0.1, 0.15) is 12.5 Å². The summed E-state index contributed by atoms with van der Waals surface area (Å²) in [5.41, 5.74) is 1.37.